The van der Waals surface area contributed by atoms with Gasteiger partial charge in [0.1, 0.15) is 0 Å². The van der Waals surface area contributed by atoms with Crippen molar-refractivity contribution in [2.75, 3.05) is 13.1 Å². The van der Waals surface area contributed by atoms with Crippen LogP contribution in [0.2, 0.25) is 0 Å². The molecule has 2 aromatic rings. The van der Waals surface area contributed by atoms with Crippen molar-refractivity contribution in [1.29, 1.82) is 0 Å². The van der Waals surface area contributed by atoms with E-state index in [0.29, 0.717) is 33.2 Å². The molecule has 0 bridgehead atoms. The van der Waals surface area contributed by atoms with Gasteiger partial charge in [-0.2, -0.15) is 0 Å². The lowest BCUT2D eigenvalue weighted by molar-refractivity contribution is -0.116. The second-order valence-electron chi connectivity index (χ2n) is 8.86. The van der Waals surface area contributed by atoms with Crippen LogP contribution in [0.15, 0.2) is 105 Å². The summed E-state index contributed by atoms with van der Waals surface area (Å²) >= 11 is 2.78. The number of nitrogens with one attached hydrogen (secondary N) is 2. The quantitative estimate of drug-likeness (QED) is 0.229. The number of rotatable bonds is 12. The van der Waals surface area contributed by atoms with Crippen molar-refractivity contribution >= 4 is 57.8 Å². The molecule has 0 radical (unpaired) electrons. The molecule has 0 spiro atoms. The number of thioether (sulfide) groups is 2. The summed E-state index contributed by atoms with van der Waals surface area (Å²) in [6, 6.07) is 20.0. The fraction of sp³-hybridized carbons (Fsp3) is 0.226. The number of unbranched alkanes of at least 4 members (excludes halogenated alkanes) is 4. The number of aliphatic imine (C=N–C) groups is 2. The Labute approximate surface area is 238 Å². The van der Waals surface area contributed by atoms with Gasteiger partial charge in [-0.1, -0.05) is 104 Å². The number of carbonyl (C=O) groups excluding carboxylic acids is 2. The highest BCUT2D eigenvalue weighted by molar-refractivity contribution is 8.19. The zero-order valence-electron chi connectivity index (χ0n) is 21.7. The molecule has 2 saturated heterocycles. The molecule has 0 atom stereocenters. The molecule has 2 N–H and O–H groups in total. The summed E-state index contributed by atoms with van der Waals surface area (Å²) in [7, 11) is 0. The molecule has 0 aliphatic carbocycles. The van der Waals surface area contributed by atoms with Crippen LogP contribution < -0.4 is 10.6 Å². The summed E-state index contributed by atoms with van der Waals surface area (Å²) < 4.78 is 0. The first-order valence-electron chi connectivity index (χ1n) is 13.1. The Hall–Kier alpha value is -3.62. The summed E-state index contributed by atoms with van der Waals surface area (Å²) in [6.45, 7) is 1.41. The molecule has 0 unspecified atom stereocenters. The molecular formula is C31H32N4O2S2. The maximum absolute atomic E-state index is 12.1. The maximum atomic E-state index is 12.1. The van der Waals surface area contributed by atoms with Gasteiger partial charge in [0.05, 0.1) is 9.81 Å². The van der Waals surface area contributed by atoms with Crippen molar-refractivity contribution in [2.24, 2.45) is 9.98 Å². The van der Waals surface area contributed by atoms with Gasteiger partial charge >= 0.3 is 0 Å². The number of amidine groups is 2. The number of allylic oxidation sites excluding steroid dienone is 4. The molecule has 2 aromatic carbocycles. The van der Waals surface area contributed by atoms with Gasteiger partial charge in [-0.15, -0.1) is 0 Å². The van der Waals surface area contributed by atoms with Crippen molar-refractivity contribution in [3.63, 3.8) is 0 Å². The van der Waals surface area contributed by atoms with E-state index in [9.17, 15) is 9.59 Å². The summed E-state index contributed by atoms with van der Waals surface area (Å²) in [5.41, 5.74) is 2.19. The zero-order valence-corrected chi connectivity index (χ0v) is 23.3. The van der Waals surface area contributed by atoms with E-state index >= 15 is 0 Å². The molecule has 200 valence electrons. The minimum atomic E-state index is -0.0963. The molecule has 2 aliphatic rings. The van der Waals surface area contributed by atoms with E-state index in [2.05, 4.69) is 20.6 Å². The fourth-order valence-corrected chi connectivity index (χ4v) is 5.37. The third-order valence-corrected chi connectivity index (χ3v) is 7.73. The molecule has 2 amide bonds. The monoisotopic (exact) mass is 556 g/mol. The second kappa shape index (κ2) is 15.7. The van der Waals surface area contributed by atoms with Gasteiger partial charge in [-0.25, -0.2) is 0 Å². The molecule has 2 heterocycles. The van der Waals surface area contributed by atoms with E-state index in [1.807, 2.05) is 97.1 Å². The van der Waals surface area contributed by atoms with Crippen LogP contribution in [0.25, 0.3) is 12.2 Å². The largest absolute Gasteiger partial charge is 0.301 e. The summed E-state index contributed by atoms with van der Waals surface area (Å²) in [5, 5.41) is 7.03. The lowest BCUT2D eigenvalue weighted by Crippen LogP contribution is -2.20. The summed E-state index contributed by atoms with van der Waals surface area (Å²) in [4.78, 5) is 34.7. The van der Waals surface area contributed by atoms with E-state index in [-0.39, 0.29) is 11.8 Å². The first-order chi connectivity index (χ1) is 19.2. The molecule has 4 rings (SSSR count). The predicted octanol–water partition coefficient (Wildman–Crippen LogP) is 6.57. The standard InChI is InChI=1S/C31H32N4O2S2/c36-28-26(20-12-18-24-14-6-4-7-15-24)38-30(34-28)32-22-10-2-1-3-11-23-33-31-35-29(37)27(39-31)21-13-19-25-16-8-5-9-17-25/h4-9,12-21H,1-3,10-11,22-23H2,(H,32,34,36)(H,33,35,37)/b18-12+,19-13+,26-20-,27-21-. The van der Waals surface area contributed by atoms with Gasteiger partial charge in [0.15, 0.2) is 10.3 Å². The van der Waals surface area contributed by atoms with Gasteiger partial charge in [-0.05, 0) is 59.6 Å². The number of hydrogen-bond donors (Lipinski definition) is 2. The average molecular weight is 557 g/mol. The van der Waals surface area contributed by atoms with E-state index in [1.165, 1.54) is 23.5 Å². The Bertz CT molecular complexity index is 1210. The molecule has 0 saturated carbocycles. The van der Waals surface area contributed by atoms with Crippen LogP contribution in [0.4, 0.5) is 0 Å². The average Bonchev–Trinajstić information content (AvgIpc) is 3.49. The predicted molar refractivity (Wildman–Crippen MR) is 166 cm³/mol. The highest BCUT2D eigenvalue weighted by atomic mass is 32.2. The van der Waals surface area contributed by atoms with Crippen LogP contribution in [-0.2, 0) is 9.59 Å². The van der Waals surface area contributed by atoms with Crippen molar-refractivity contribution in [3.05, 3.63) is 106 Å². The van der Waals surface area contributed by atoms with E-state index in [0.717, 1.165) is 43.2 Å². The third-order valence-electron chi connectivity index (χ3n) is 5.80. The van der Waals surface area contributed by atoms with Crippen LogP contribution in [0, 0.1) is 0 Å². The van der Waals surface area contributed by atoms with E-state index in [1.54, 1.807) is 0 Å². The minimum absolute atomic E-state index is 0.0963. The van der Waals surface area contributed by atoms with Crippen molar-refractivity contribution in [1.82, 2.24) is 10.6 Å². The van der Waals surface area contributed by atoms with Gasteiger partial charge < -0.3 is 10.6 Å². The van der Waals surface area contributed by atoms with E-state index < -0.39 is 0 Å². The lowest BCUT2D eigenvalue weighted by atomic mass is 10.1. The molecular weight excluding hydrogens is 525 g/mol. The van der Waals surface area contributed by atoms with Gasteiger partial charge in [0.25, 0.3) is 11.8 Å². The van der Waals surface area contributed by atoms with Crippen LogP contribution in [0.3, 0.4) is 0 Å². The van der Waals surface area contributed by atoms with Crippen molar-refractivity contribution in [3.8, 4) is 0 Å². The van der Waals surface area contributed by atoms with Crippen LogP contribution in [-0.4, -0.2) is 35.2 Å². The molecule has 2 aliphatic heterocycles. The van der Waals surface area contributed by atoms with Crippen LogP contribution in [0.1, 0.15) is 43.2 Å². The summed E-state index contributed by atoms with van der Waals surface area (Å²) in [5.74, 6) is -0.193. The first kappa shape index (κ1) is 28.4. The number of hydrogen-bond acceptors (Lipinski definition) is 6. The second-order valence-corrected chi connectivity index (χ2v) is 10.9. The van der Waals surface area contributed by atoms with Crippen LogP contribution >= 0.6 is 23.5 Å². The lowest BCUT2D eigenvalue weighted by Gasteiger charge is -2.00. The Kier molecular flexibility index (Phi) is 11.4. The number of nitrogens with zero attached hydrogens (tertiary/aromatic N) is 2. The highest BCUT2D eigenvalue weighted by Crippen LogP contribution is 2.25. The molecule has 8 heteroatoms. The molecule has 39 heavy (non-hydrogen) atoms. The van der Waals surface area contributed by atoms with Gasteiger partial charge in [-0.3, -0.25) is 19.6 Å². The number of amides is 2. The zero-order chi connectivity index (χ0) is 27.1. The maximum Gasteiger partial charge on any atom is 0.264 e. The SMILES string of the molecule is O=C1NC(=NCCCCCCCN=C2NC(=O)/C(=C/C=C/c3ccccc3)S2)S/C1=C\C=C\c1ccccc1. The molecule has 2 fully saturated rings. The van der Waals surface area contributed by atoms with Crippen molar-refractivity contribution in [2.45, 2.75) is 32.1 Å². The third kappa shape index (κ3) is 9.89. The Morgan fingerprint density at radius 1 is 0.590 bits per heavy atom. The fourth-order valence-electron chi connectivity index (χ4n) is 3.77. The number of carbonyl (C=O) groups is 2. The topological polar surface area (TPSA) is 82.9 Å². The van der Waals surface area contributed by atoms with Gasteiger partial charge in [0.2, 0.25) is 0 Å². The first-order valence-corrected chi connectivity index (χ1v) is 14.7. The smallest absolute Gasteiger partial charge is 0.264 e. The van der Waals surface area contributed by atoms with Gasteiger partial charge in [0, 0.05) is 13.1 Å². The minimum Gasteiger partial charge on any atom is -0.301 e. The normalized spacial score (nSPS) is 19.8. The molecule has 6 nitrogen and oxygen atoms in total. The Balaban J connectivity index is 1.07. The van der Waals surface area contributed by atoms with E-state index in [4.69, 9.17) is 0 Å². The highest BCUT2D eigenvalue weighted by Gasteiger charge is 2.23. The number of benzene rings is 2. The summed E-state index contributed by atoms with van der Waals surface area (Å²) in [6.07, 6.45) is 16.6. The Morgan fingerprint density at radius 3 is 1.44 bits per heavy atom. The Morgan fingerprint density at radius 2 is 1.00 bits per heavy atom. The van der Waals surface area contributed by atoms with Crippen molar-refractivity contribution < 1.29 is 9.59 Å². The molecule has 0 aromatic heterocycles. The van der Waals surface area contributed by atoms with Crippen LogP contribution in [0.5, 0.6) is 0 Å².